The molecule has 0 radical (unpaired) electrons. The van der Waals surface area contributed by atoms with E-state index >= 15 is 0 Å². The molecule has 78 valence electrons. The van der Waals surface area contributed by atoms with E-state index in [0.29, 0.717) is 23.6 Å². The van der Waals surface area contributed by atoms with Crippen LogP contribution in [0.3, 0.4) is 0 Å². The van der Waals surface area contributed by atoms with Gasteiger partial charge in [-0.1, -0.05) is 12.1 Å². The van der Waals surface area contributed by atoms with Gasteiger partial charge in [-0.05, 0) is 12.3 Å². The molecule has 7 heteroatoms. The monoisotopic (exact) mass is 206 g/mol. The summed E-state index contributed by atoms with van der Waals surface area (Å²) in [6.45, 7) is 2.16. The van der Waals surface area contributed by atoms with Crippen LogP contribution in [0.4, 0.5) is 5.95 Å². The van der Waals surface area contributed by atoms with Gasteiger partial charge in [0, 0.05) is 5.92 Å². The van der Waals surface area contributed by atoms with Crippen LogP contribution in [-0.2, 0) is 0 Å². The minimum atomic E-state index is 0.171. The molecule has 2 aromatic heterocycles. The van der Waals surface area contributed by atoms with Gasteiger partial charge >= 0.3 is 0 Å². The zero-order chi connectivity index (χ0) is 10.4. The molecule has 2 aromatic rings. The molecule has 3 N–H and O–H groups in total. The van der Waals surface area contributed by atoms with Crippen molar-refractivity contribution in [1.29, 1.82) is 0 Å². The smallest absolute Gasteiger partial charge is 0.295 e. The first-order chi connectivity index (χ1) is 7.24. The van der Waals surface area contributed by atoms with Crippen LogP contribution in [0.5, 0.6) is 0 Å². The van der Waals surface area contributed by atoms with Gasteiger partial charge in [0.2, 0.25) is 11.8 Å². The van der Waals surface area contributed by atoms with Crippen molar-refractivity contribution >= 4 is 5.95 Å². The van der Waals surface area contributed by atoms with Crippen LogP contribution >= 0.6 is 0 Å². The Bertz CT molecular complexity index is 489. The number of hydrogen-bond donors (Lipinski definition) is 2. The summed E-state index contributed by atoms with van der Waals surface area (Å²) in [7, 11) is 0. The summed E-state index contributed by atoms with van der Waals surface area (Å²) in [6, 6.07) is 0. The summed E-state index contributed by atoms with van der Waals surface area (Å²) in [6.07, 6.45) is 1.12. The van der Waals surface area contributed by atoms with Crippen molar-refractivity contribution in [3.63, 3.8) is 0 Å². The van der Waals surface area contributed by atoms with E-state index in [1.54, 1.807) is 0 Å². The van der Waals surface area contributed by atoms with Crippen molar-refractivity contribution in [2.24, 2.45) is 5.92 Å². The predicted octanol–water partition coefficient (Wildman–Crippen LogP) is 0.560. The third-order valence-electron chi connectivity index (χ3n) is 2.59. The lowest BCUT2D eigenvalue weighted by molar-refractivity contribution is 0.419. The molecule has 2 atom stereocenters. The Balaban J connectivity index is 1.90. The molecule has 15 heavy (non-hydrogen) atoms. The summed E-state index contributed by atoms with van der Waals surface area (Å²) >= 11 is 0. The van der Waals surface area contributed by atoms with Gasteiger partial charge in [0.1, 0.15) is 0 Å². The van der Waals surface area contributed by atoms with Gasteiger partial charge in [0.25, 0.3) is 5.89 Å². The molecule has 0 aromatic carbocycles. The average Bonchev–Trinajstić information content (AvgIpc) is 2.71. The molecule has 0 amide bonds. The Morgan fingerprint density at radius 3 is 2.87 bits per heavy atom. The largest absolute Gasteiger partial charge is 0.366 e. The van der Waals surface area contributed by atoms with E-state index in [-0.39, 0.29) is 5.95 Å². The first-order valence-electron chi connectivity index (χ1n) is 4.76. The highest BCUT2D eigenvalue weighted by Gasteiger charge is 2.38. The lowest BCUT2D eigenvalue weighted by Crippen LogP contribution is -1.86. The van der Waals surface area contributed by atoms with Gasteiger partial charge in [0.15, 0.2) is 5.82 Å². The molecule has 0 saturated heterocycles. The van der Waals surface area contributed by atoms with E-state index in [1.165, 1.54) is 0 Å². The Morgan fingerprint density at radius 1 is 1.47 bits per heavy atom. The average molecular weight is 206 g/mol. The minimum absolute atomic E-state index is 0.171. The van der Waals surface area contributed by atoms with Crippen LogP contribution in [-0.4, -0.2) is 25.3 Å². The fourth-order valence-corrected chi connectivity index (χ4v) is 1.53. The quantitative estimate of drug-likeness (QED) is 0.743. The molecule has 0 spiro atoms. The second kappa shape index (κ2) is 2.78. The molecule has 0 bridgehead atoms. The molecular formula is C8H10N6O. The fraction of sp³-hybridized carbons (Fsp3) is 0.500. The van der Waals surface area contributed by atoms with Crippen molar-refractivity contribution in [3.05, 3.63) is 5.82 Å². The minimum Gasteiger partial charge on any atom is -0.366 e. The standard InChI is InChI=1S/C8H10N6O/c1-3-2-4(3)5-10-7(15-14-5)6-11-8(9)13-12-6/h3-4H,2H2,1H3,(H3,9,11,12,13). The first-order valence-corrected chi connectivity index (χ1v) is 4.76. The first kappa shape index (κ1) is 8.39. The summed E-state index contributed by atoms with van der Waals surface area (Å²) in [5.74, 6) is 2.75. The Morgan fingerprint density at radius 2 is 2.27 bits per heavy atom. The van der Waals surface area contributed by atoms with E-state index in [2.05, 4.69) is 32.2 Å². The van der Waals surface area contributed by atoms with E-state index in [9.17, 15) is 0 Å². The number of aromatic nitrogens is 5. The number of nitrogens with two attached hydrogens (primary N) is 1. The van der Waals surface area contributed by atoms with E-state index in [0.717, 1.165) is 12.2 Å². The van der Waals surface area contributed by atoms with Gasteiger partial charge in [0.05, 0.1) is 0 Å². The topological polar surface area (TPSA) is 107 Å². The van der Waals surface area contributed by atoms with E-state index in [4.69, 9.17) is 10.3 Å². The van der Waals surface area contributed by atoms with Gasteiger partial charge < -0.3 is 10.3 Å². The lowest BCUT2D eigenvalue weighted by atomic mass is 10.3. The van der Waals surface area contributed by atoms with E-state index < -0.39 is 0 Å². The number of nitrogens with one attached hydrogen (secondary N) is 1. The maximum Gasteiger partial charge on any atom is 0.295 e. The molecule has 1 fully saturated rings. The summed E-state index contributed by atoms with van der Waals surface area (Å²) in [5.41, 5.74) is 5.37. The van der Waals surface area contributed by atoms with Crippen molar-refractivity contribution in [2.75, 3.05) is 5.73 Å². The predicted molar refractivity (Wildman–Crippen MR) is 50.6 cm³/mol. The third kappa shape index (κ3) is 1.36. The third-order valence-corrected chi connectivity index (χ3v) is 2.59. The van der Waals surface area contributed by atoms with Crippen LogP contribution in [0.25, 0.3) is 11.7 Å². The molecule has 3 rings (SSSR count). The number of aromatic amines is 1. The number of hydrogen-bond acceptors (Lipinski definition) is 6. The molecule has 1 saturated carbocycles. The fourth-order valence-electron chi connectivity index (χ4n) is 1.53. The van der Waals surface area contributed by atoms with Crippen LogP contribution in [0.15, 0.2) is 4.52 Å². The second-order valence-corrected chi connectivity index (χ2v) is 3.82. The molecule has 7 nitrogen and oxygen atoms in total. The second-order valence-electron chi connectivity index (χ2n) is 3.82. The summed E-state index contributed by atoms with van der Waals surface area (Å²) in [4.78, 5) is 8.15. The van der Waals surface area contributed by atoms with Crippen molar-refractivity contribution < 1.29 is 4.52 Å². The molecular weight excluding hydrogens is 196 g/mol. The highest BCUT2D eigenvalue weighted by molar-refractivity contribution is 5.41. The SMILES string of the molecule is CC1CC1c1noc(-c2nc(N)n[nH]2)n1. The molecule has 1 aliphatic carbocycles. The van der Waals surface area contributed by atoms with Gasteiger partial charge in [-0.15, -0.1) is 5.10 Å². The zero-order valence-corrected chi connectivity index (χ0v) is 8.14. The van der Waals surface area contributed by atoms with Crippen molar-refractivity contribution in [2.45, 2.75) is 19.3 Å². The van der Waals surface area contributed by atoms with Crippen molar-refractivity contribution in [1.82, 2.24) is 25.3 Å². The Kier molecular flexibility index (Phi) is 1.56. The number of rotatable bonds is 2. The number of anilines is 1. The summed E-state index contributed by atoms with van der Waals surface area (Å²) < 4.78 is 5.06. The molecule has 1 aliphatic rings. The van der Waals surface area contributed by atoms with Gasteiger partial charge in [-0.3, -0.25) is 5.10 Å². The Hall–Kier alpha value is -1.92. The van der Waals surface area contributed by atoms with Crippen LogP contribution in [0.2, 0.25) is 0 Å². The zero-order valence-electron chi connectivity index (χ0n) is 8.14. The summed E-state index contributed by atoms with van der Waals surface area (Å²) in [5, 5.41) is 10.2. The number of H-pyrrole nitrogens is 1. The number of nitrogens with zero attached hydrogens (tertiary/aromatic N) is 4. The molecule has 2 unspecified atom stereocenters. The number of nitrogen functional groups attached to an aromatic ring is 1. The van der Waals surface area contributed by atoms with Crippen molar-refractivity contribution in [3.8, 4) is 11.7 Å². The molecule has 2 heterocycles. The maximum absolute atomic E-state index is 5.37. The normalized spacial score (nSPS) is 24.3. The van der Waals surface area contributed by atoms with Gasteiger partial charge in [-0.2, -0.15) is 9.97 Å². The van der Waals surface area contributed by atoms with Crippen LogP contribution in [0, 0.1) is 5.92 Å². The van der Waals surface area contributed by atoms with Crippen LogP contribution in [0.1, 0.15) is 25.1 Å². The lowest BCUT2D eigenvalue weighted by Gasteiger charge is -1.83. The van der Waals surface area contributed by atoms with Gasteiger partial charge in [-0.25, -0.2) is 0 Å². The molecule has 0 aliphatic heterocycles. The van der Waals surface area contributed by atoms with E-state index in [1.807, 2.05) is 0 Å². The highest BCUT2D eigenvalue weighted by atomic mass is 16.5. The van der Waals surface area contributed by atoms with Crippen LogP contribution < -0.4 is 5.73 Å². The Labute approximate surface area is 85.1 Å². The maximum atomic E-state index is 5.37. The highest BCUT2D eigenvalue weighted by Crippen LogP contribution is 2.45.